The zero-order valence-corrected chi connectivity index (χ0v) is 10.0. The van der Waals surface area contributed by atoms with Gasteiger partial charge in [0.05, 0.1) is 5.60 Å². The molecule has 0 radical (unpaired) electrons. The SMILES string of the molecule is CC1(O)CCN(C(=O)CC2(N)CCCC2)C1. The van der Waals surface area contributed by atoms with Crippen LogP contribution < -0.4 is 5.73 Å². The molecular formula is C12H22N2O2. The van der Waals surface area contributed by atoms with Gasteiger partial charge in [-0.1, -0.05) is 12.8 Å². The van der Waals surface area contributed by atoms with Gasteiger partial charge in [0.2, 0.25) is 5.91 Å². The number of nitrogens with zero attached hydrogens (tertiary/aromatic N) is 1. The minimum absolute atomic E-state index is 0.113. The summed E-state index contributed by atoms with van der Waals surface area (Å²) < 4.78 is 0. The molecule has 1 atom stereocenters. The monoisotopic (exact) mass is 226 g/mol. The Morgan fingerprint density at radius 2 is 2.00 bits per heavy atom. The van der Waals surface area contributed by atoms with Crippen molar-refractivity contribution < 1.29 is 9.90 Å². The second kappa shape index (κ2) is 4.00. The van der Waals surface area contributed by atoms with Crippen LogP contribution in [0, 0.1) is 0 Å². The number of carbonyl (C=O) groups excluding carboxylic acids is 1. The van der Waals surface area contributed by atoms with E-state index in [9.17, 15) is 9.90 Å². The van der Waals surface area contributed by atoms with E-state index in [1.165, 1.54) is 0 Å². The van der Waals surface area contributed by atoms with Gasteiger partial charge in [0, 0.05) is 25.0 Å². The lowest BCUT2D eigenvalue weighted by Crippen LogP contribution is -2.44. The number of likely N-dealkylation sites (tertiary alicyclic amines) is 1. The summed E-state index contributed by atoms with van der Waals surface area (Å²) in [6.07, 6.45) is 5.33. The van der Waals surface area contributed by atoms with E-state index < -0.39 is 5.60 Å². The van der Waals surface area contributed by atoms with Gasteiger partial charge in [-0.15, -0.1) is 0 Å². The highest BCUT2D eigenvalue weighted by Gasteiger charge is 2.38. The smallest absolute Gasteiger partial charge is 0.224 e. The van der Waals surface area contributed by atoms with E-state index >= 15 is 0 Å². The Morgan fingerprint density at radius 3 is 2.50 bits per heavy atom. The van der Waals surface area contributed by atoms with Crippen LogP contribution >= 0.6 is 0 Å². The van der Waals surface area contributed by atoms with Crippen LogP contribution in [0.5, 0.6) is 0 Å². The van der Waals surface area contributed by atoms with Gasteiger partial charge >= 0.3 is 0 Å². The number of aliphatic hydroxyl groups is 1. The zero-order chi connectivity index (χ0) is 11.8. The maximum Gasteiger partial charge on any atom is 0.224 e. The lowest BCUT2D eigenvalue weighted by molar-refractivity contribution is -0.132. The van der Waals surface area contributed by atoms with Crippen LogP contribution in [0.15, 0.2) is 0 Å². The van der Waals surface area contributed by atoms with Crippen molar-refractivity contribution in [1.29, 1.82) is 0 Å². The summed E-state index contributed by atoms with van der Waals surface area (Å²) in [4.78, 5) is 13.8. The fourth-order valence-corrected chi connectivity index (χ4v) is 2.83. The van der Waals surface area contributed by atoms with E-state index in [4.69, 9.17) is 5.73 Å². The van der Waals surface area contributed by atoms with Crippen molar-refractivity contribution in [1.82, 2.24) is 4.90 Å². The third-order valence-electron chi connectivity index (χ3n) is 3.91. The number of carbonyl (C=O) groups is 1. The van der Waals surface area contributed by atoms with Crippen LogP contribution in [0.25, 0.3) is 0 Å². The van der Waals surface area contributed by atoms with Crippen molar-refractivity contribution in [2.45, 2.75) is 56.6 Å². The quantitative estimate of drug-likeness (QED) is 0.726. The zero-order valence-electron chi connectivity index (χ0n) is 10.0. The van der Waals surface area contributed by atoms with Gasteiger partial charge in [0.1, 0.15) is 0 Å². The molecule has 4 heteroatoms. The first-order valence-electron chi connectivity index (χ1n) is 6.19. The number of hydrogen-bond acceptors (Lipinski definition) is 3. The summed E-state index contributed by atoms with van der Waals surface area (Å²) >= 11 is 0. The molecule has 0 spiro atoms. The number of β-amino-alcohol motifs (C(OH)–C–C–N with tert-alkyl or cyclic N) is 1. The van der Waals surface area contributed by atoms with Gasteiger partial charge in [0.25, 0.3) is 0 Å². The van der Waals surface area contributed by atoms with Crippen molar-refractivity contribution in [3.05, 3.63) is 0 Å². The summed E-state index contributed by atoms with van der Waals surface area (Å²) in [5, 5.41) is 9.81. The van der Waals surface area contributed by atoms with Crippen LogP contribution in [-0.4, -0.2) is 40.1 Å². The summed E-state index contributed by atoms with van der Waals surface area (Å²) in [5.41, 5.74) is 5.21. The van der Waals surface area contributed by atoms with E-state index in [-0.39, 0.29) is 11.4 Å². The molecule has 1 aliphatic heterocycles. The van der Waals surface area contributed by atoms with Gasteiger partial charge in [-0.05, 0) is 26.2 Å². The molecule has 16 heavy (non-hydrogen) atoms. The summed E-state index contributed by atoms with van der Waals surface area (Å²) in [5.74, 6) is 0.113. The molecule has 1 aliphatic carbocycles. The average Bonchev–Trinajstić information content (AvgIpc) is 2.72. The fraction of sp³-hybridized carbons (Fsp3) is 0.917. The Bertz CT molecular complexity index is 283. The fourth-order valence-electron chi connectivity index (χ4n) is 2.83. The van der Waals surface area contributed by atoms with E-state index in [0.717, 1.165) is 25.7 Å². The maximum absolute atomic E-state index is 12.0. The van der Waals surface area contributed by atoms with E-state index in [0.29, 0.717) is 25.9 Å². The predicted octanol–water partition coefficient (Wildman–Crippen LogP) is 0.631. The molecule has 0 aromatic rings. The molecule has 0 aromatic heterocycles. The molecular weight excluding hydrogens is 204 g/mol. The van der Waals surface area contributed by atoms with Gasteiger partial charge in [-0.25, -0.2) is 0 Å². The van der Waals surface area contributed by atoms with Crippen LogP contribution in [0.1, 0.15) is 45.4 Å². The first-order valence-corrected chi connectivity index (χ1v) is 6.19. The van der Waals surface area contributed by atoms with Crippen molar-refractivity contribution in [3.63, 3.8) is 0 Å². The molecule has 0 bridgehead atoms. The maximum atomic E-state index is 12.0. The normalized spacial score (nSPS) is 33.3. The summed E-state index contributed by atoms with van der Waals surface area (Å²) in [6.45, 7) is 2.91. The van der Waals surface area contributed by atoms with Crippen LogP contribution in [0.3, 0.4) is 0 Å². The van der Waals surface area contributed by atoms with Crippen LogP contribution in [-0.2, 0) is 4.79 Å². The minimum atomic E-state index is -0.701. The molecule has 1 saturated heterocycles. The standard InChI is InChI=1S/C12H22N2O2/c1-11(16)6-7-14(9-11)10(15)8-12(13)4-2-3-5-12/h16H,2-9,13H2,1H3. The molecule has 3 N–H and O–H groups in total. The second-order valence-electron chi connectivity index (χ2n) is 5.81. The van der Waals surface area contributed by atoms with E-state index in [2.05, 4.69) is 0 Å². The third kappa shape index (κ3) is 2.55. The summed E-state index contributed by atoms with van der Waals surface area (Å²) in [7, 11) is 0. The van der Waals surface area contributed by atoms with Crippen molar-refractivity contribution >= 4 is 5.91 Å². The molecule has 2 rings (SSSR count). The third-order valence-corrected chi connectivity index (χ3v) is 3.91. The molecule has 1 heterocycles. The molecule has 2 fully saturated rings. The Morgan fingerprint density at radius 1 is 1.38 bits per heavy atom. The Labute approximate surface area is 96.8 Å². The van der Waals surface area contributed by atoms with Gasteiger partial charge in [-0.3, -0.25) is 4.79 Å². The first kappa shape index (κ1) is 11.9. The van der Waals surface area contributed by atoms with Crippen molar-refractivity contribution in [2.75, 3.05) is 13.1 Å². The van der Waals surface area contributed by atoms with Gasteiger partial charge < -0.3 is 15.7 Å². The molecule has 0 aromatic carbocycles. The number of rotatable bonds is 2. The van der Waals surface area contributed by atoms with Crippen molar-refractivity contribution in [2.24, 2.45) is 5.73 Å². The van der Waals surface area contributed by atoms with Crippen LogP contribution in [0.2, 0.25) is 0 Å². The van der Waals surface area contributed by atoms with E-state index in [1.807, 2.05) is 0 Å². The first-order chi connectivity index (χ1) is 7.40. The Balaban J connectivity index is 1.89. The predicted molar refractivity (Wildman–Crippen MR) is 61.8 cm³/mol. The molecule has 4 nitrogen and oxygen atoms in total. The Hall–Kier alpha value is -0.610. The topological polar surface area (TPSA) is 66.6 Å². The molecule has 1 amide bonds. The highest BCUT2D eigenvalue weighted by atomic mass is 16.3. The second-order valence-corrected chi connectivity index (χ2v) is 5.81. The number of hydrogen-bond donors (Lipinski definition) is 2. The minimum Gasteiger partial charge on any atom is -0.388 e. The average molecular weight is 226 g/mol. The largest absolute Gasteiger partial charge is 0.388 e. The lowest BCUT2D eigenvalue weighted by Gasteiger charge is -2.26. The van der Waals surface area contributed by atoms with Crippen molar-refractivity contribution in [3.8, 4) is 0 Å². The number of nitrogens with two attached hydrogens (primary N) is 1. The molecule has 92 valence electrons. The molecule has 1 saturated carbocycles. The van der Waals surface area contributed by atoms with Gasteiger partial charge in [0.15, 0.2) is 0 Å². The van der Waals surface area contributed by atoms with E-state index in [1.54, 1.807) is 11.8 Å². The van der Waals surface area contributed by atoms with Gasteiger partial charge in [-0.2, -0.15) is 0 Å². The Kier molecular flexibility index (Phi) is 2.97. The highest BCUT2D eigenvalue weighted by molar-refractivity contribution is 5.78. The molecule has 2 aliphatic rings. The summed E-state index contributed by atoms with van der Waals surface area (Å²) in [6, 6.07) is 0. The lowest BCUT2D eigenvalue weighted by atomic mass is 9.94. The highest BCUT2D eigenvalue weighted by Crippen LogP contribution is 2.31. The van der Waals surface area contributed by atoms with Crippen LogP contribution in [0.4, 0.5) is 0 Å². The number of amides is 1. The molecule has 1 unspecified atom stereocenters.